The van der Waals surface area contributed by atoms with E-state index in [1.165, 1.54) is 24.7 Å². The summed E-state index contributed by atoms with van der Waals surface area (Å²) in [5, 5.41) is 50.7. The molecule has 2 aromatic heterocycles. The number of nitrogens with zero attached hydrogens (tertiary/aromatic N) is 4. The van der Waals surface area contributed by atoms with Crippen molar-refractivity contribution in [2.24, 2.45) is 5.41 Å². The van der Waals surface area contributed by atoms with Gasteiger partial charge in [0.05, 0.1) is 6.33 Å². The monoisotopic (exact) mass is 352 g/mol. The lowest BCUT2D eigenvalue weighted by Gasteiger charge is -2.28. The molecule has 0 aromatic carbocycles. The van der Waals surface area contributed by atoms with E-state index in [1.54, 1.807) is 0 Å². The number of aliphatic hydroxyl groups is 3. The third kappa shape index (κ3) is 1.54. The van der Waals surface area contributed by atoms with E-state index in [9.17, 15) is 25.2 Å². The molecule has 1 aliphatic heterocycles. The van der Waals surface area contributed by atoms with Gasteiger partial charge in [0.15, 0.2) is 23.5 Å². The summed E-state index contributed by atoms with van der Waals surface area (Å²) in [6.45, 7) is 3.07. The second-order valence-corrected chi connectivity index (χ2v) is 6.87. The van der Waals surface area contributed by atoms with Crippen molar-refractivity contribution in [2.45, 2.75) is 43.5 Å². The Morgan fingerprint density at radius 3 is 2.60 bits per heavy atom. The van der Waals surface area contributed by atoms with Gasteiger partial charge >= 0.3 is 5.97 Å². The molecular weight excluding hydrogens is 336 g/mol. The summed E-state index contributed by atoms with van der Waals surface area (Å²) in [7, 11) is 0. The zero-order valence-corrected chi connectivity index (χ0v) is 13.2. The van der Waals surface area contributed by atoms with Crippen molar-refractivity contribution >= 4 is 17.1 Å². The van der Waals surface area contributed by atoms with Crippen LogP contribution in [0.5, 0.6) is 5.88 Å². The number of imidazole rings is 1. The molecule has 0 amide bonds. The maximum Gasteiger partial charge on any atom is 0.335 e. The summed E-state index contributed by atoms with van der Waals surface area (Å²) >= 11 is 0. The van der Waals surface area contributed by atoms with E-state index in [4.69, 9.17) is 9.84 Å². The zero-order valence-electron chi connectivity index (χ0n) is 13.2. The average molecular weight is 352 g/mol. The van der Waals surface area contributed by atoms with Crippen LogP contribution in [0.2, 0.25) is 0 Å². The molecule has 134 valence electrons. The highest BCUT2D eigenvalue weighted by Gasteiger charge is 2.93. The largest absolute Gasteiger partial charge is 0.492 e. The van der Waals surface area contributed by atoms with Crippen molar-refractivity contribution < 1.29 is 35.1 Å². The molecule has 2 fully saturated rings. The summed E-state index contributed by atoms with van der Waals surface area (Å²) in [6, 6.07) is 0. The molecule has 4 rings (SSSR count). The number of aromatic nitrogens is 4. The molecule has 0 spiro atoms. The van der Waals surface area contributed by atoms with E-state index in [1.807, 2.05) is 0 Å². The predicted molar refractivity (Wildman–Crippen MR) is 78.2 cm³/mol. The number of carboxylic acids is 1. The van der Waals surface area contributed by atoms with Crippen molar-refractivity contribution in [1.29, 1.82) is 0 Å². The molecule has 1 aliphatic carbocycles. The predicted octanol–water partition coefficient (Wildman–Crippen LogP) is -1.62. The molecular formula is C14H16N4O7. The van der Waals surface area contributed by atoms with Crippen molar-refractivity contribution in [3.63, 3.8) is 0 Å². The Morgan fingerprint density at radius 1 is 1.28 bits per heavy atom. The van der Waals surface area contributed by atoms with Gasteiger partial charge in [-0.15, -0.1) is 0 Å². The van der Waals surface area contributed by atoms with Crippen molar-refractivity contribution in [1.82, 2.24) is 19.5 Å². The van der Waals surface area contributed by atoms with E-state index < -0.39 is 41.0 Å². The molecule has 1 saturated heterocycles. The minimum absolute atomic E-state index is 0.0546. The van der Waals surface area contributed by atoms with Crippen LogP contribution in [0.15, 0.2) is 12.7 Å². The molecule has 3 heterocycles. The summed E-state index contributed by atoms with van der Waals surface area (Å²) in [5.41, 5.74) is -4.88. The first kappa shape index (κ1) is 16.1. The number of aromatic hydroxyl groups is 1. The molecule has 5 atom stereocenters. The molecule has 2 aromatic rings. The lowest BCUT2D eigenvalue weighted by Crippen LogP contribution is -2.46. The molecule has 1 unspecified atom stereocenters. The fraction of sp³-hybridized carbons (Fsp3) is 0.571. The van der Waals surface area contributed by atoms with Crippen molar-refractivity contribution in [3.8, 4) is 5.88 Å². The van der Waals surface area contributed by atoms with Crippen LogP contribution in [0.25, 0.3) is 11.2 Å². The van der Waals surface area contributed by atoms with E-state index in [2.05, 4.69) is 15.0 Å². The Kier molecular flexibility index (Phi) is 2.86. The number of ether oxygens (including phenoxy) is 1. The first-order chi connectivity index (χ1) is 11.6. The van der Waals surface area contributed by atoms with Crippen molar-refractivity contribution in [2.75, 3.05) is 0 Å². The topological polar surface area (TPSA) is 171 Å². The number of hydrogen-bond donors (Lipinski definition) is 5. The van der Waals surface area contributed by atoms with Crippen LogP contribution >= 0.6 is 0 Å². The summed E-state index contributed by atoms with van der Waals surface area (Å²) in [6.07, 6.45) is -2.57. The van der Waals surface area contributed by atoms with E-state index in [0.717, 1.165) is 6.33 Å². The van der Waals surface area contributed by atoms with Gasteiger partial charge < -0.3 is 30.3 Å². The van der Waals surface area contributed by atoms with Gasteiger partial charge in [-0.25, -0.2) is 14.8 Å². The minimum Gasteiger partial charge on any atom is -0.492 e. The maximum atomic E-state index is 11.2. The highest BCUT2D eigenvalue weighted by atomic mass is 16.6. The van der Waals surface area contributed by atoms with Gasteiger partial charge in [0.1, 0.15) is 23.6 Å². The lowest BCUT2D eigenvalue weighted by molar-refractivity contribution is -0.174. The molecule has 1 saturated carbocycles. The molecule has 25 heavy (non-hydrogen) atoms. The van der Waals surface area contributed by atoms with E-state index in [0.29, 0.717) is 0 Å². The molecule has 11 nitrogen and oxygen atoms in total. The number of fused-ring (bicyclic) bond motifs is 2. The standard InChI is InChI=1S/C14H16N4O7/c1-12(2)13(23)7(6(19)10(21)22)25-11(14(12,13)24)18-4-17-5-8(18)15-3-16-9(5)20/h3-4,6-7,11,19,23-24H,1-2H3,(H,21,22)(H,15,16,20)/t6?,7-,11-,13+,14-/m1/s1. The minimum atomic E-state index is -2.04. The van der Waals surface area contributed by atoms with Crippen LogP contribution in [0.1, 0.15) is 20.1 Å². The summed E-state index contributed by atoms with van der Waals surface area (Å²) < 4.78 is 6.80. The number of aliphatic carboxylic acids is 1. The molecule has 11 heteroatoms. The second-order valence-electron chi connectivity index (χ2n) is 6.87. The highest BCUT2D eigenvalue weighted by Crippen LogP contribution is 2.75. The van der Waals surface area contributed by atoms with Crippen LogP contribution in [0, 0.1) is 5.41 Å². The van der Waals surface area contributed by atoms with Gasteiger partial charge in [-0.05, 0) is 0 Å². The average Bonchev–Trinajstić information content (AvgIpc) is 2.93. The highest BCUT2D eigenvalue weighted by molar-refractivity contribution is 5.76. The third-order valence-electron chi connectivity index (χ3n) is 5.60. The van der Waals surface area contributed by atoms with Crippen LogP contribution in [-0.4, -0.2) is 74.4 Å². The van der Waals surface area contributed by atoms with E-state index >= 15 is 0 Å². The fourth-order valence-corrected chi connectivity index (χ4v) is 4.01. The maximum absolute atomic E-state index is 11.2. The molecule has 2 aliphatic rings. The normalized spacial score (nSPS) is 37.0. The van der Waals surface area contributed by atoms with Gasteiger partial charge in [0.2, 0.25) is 5.88 Å². The third-order valence-corrected chi connectivity index (χ3v) is 5.60. The zero-order chi connectivity index (χ0) is 18.4. The Balaban J connectivity index is 1.86. The SMILES string of the molecule is CC1(C)[C@]2(O)[C@H](n3cnc4c(O)ncnc43)O[C@H](C(O)C(=O)O)[C@]12O. The van der Waals surface area contributed by atoms with Crippen LogP contribution in [0.4, 0.5) is 0 Å². The van der Waals surface area contributed by atoms with Crippen LogP contribution < -0.4 is 0 Å². The van der Waals surface area contributed by atoms with Gasteiger partial charge in [-0.1, -0.05) is 13.8 Å². The van der Waals surface area contributed by atoms with Gasteiger partial charge in [0.25, 0.3) is 0 Å². The summed E-state index contributed by atoms with van der Waals surface area (Å²) in [5.74, 6) is -1.96. The summed E-state index contributed by atoms with van der Waals surface area (Å²) in [4.78, 5) is 22.7. The van der Waals surface area contributed by atoms with Crippen molar-refractivity contribution in [3.05, 3.63) is 12.7 Å². The molecule has 5 N–H and O–H groups in total. The Bertz CT molecular complexity index is 898. The van der Waals surface area contributed by atoms with Gasteiger partial charge in [-0.3, -0.25) is 4.57 Å². The molecule has 0 bridgehead atoms. The van der Waals surface area contributed by atoms with Crippen LogP contribution in [0.3, 0.4) is 0 Å². The van der Waals surface area contributed by atoms with E-state index in [-0.39, 0.29) is 17.0 Å². The quantitative estimate of drug-likeness (QED) is 0.432. The number of carboxylic acid groups (broad SMARTS) is 1. The first-order valence-corrected chi connectivity index (χ1v) is 7.46. The first-order valence-electron chi connectivity index (χ1n) is 7.46. The fourth-order valence-electron chi connectivity index (χ4n) is 4.01. The van der Waals surface area contributed by atoms with Gasteiger partial charge in [0, 0.05) is 5.41 Å². The number of rotatable bonds is 3. The lowest BCUT2D eigenvalue weighted by atomic mass is 9.97. The number of aliphatic hydroxyl groups excluding tert-OH is 1. The number of carbonyl (C=O) groups is 1. The Hall–Kier alpha value is -2.34. The smallest absolute Gasteiger partial charge is 0.335 e. The Labute approximate surface area is 140 Å². The second kappa shape index (κ2) is 4.43. The van der Waals surface area contributed by atoms with Crippen LogP contribution in [-0.2, 0) is 9.53 Å². The number of hydrogen-bond acceptors (Lipinski definition) is 9. The molecule has 0 radical (unpaired) electrons. The van der Waals surface area contributed by atoms with Gasteiger partial charge in [-0.2, -0.15) is 4.98 Å². The Morgan fingerprint density at radius 2 is 1.96 bits per heavy atom.